The van der Waals surface area contributed by atoms with Gasteiger partial charge < -0.3 is 5.32 Å². The van der Waals surface area contributed by atoms with Crippen molar-refractivity contribution < 1.29 is 4.79 Å². The molecule has 1 aromatic carbocycles. The Labute approximate surface area is 126 Å². The molecular formula is C16H13N3OS. The van der Waals surface area contributed by atoms with E-state index >= 15 is 0 Å². The van der Waals surface area contributed by atoms with Crippen LogP contribution in [0.3, 0.4) is 0 Å². The van der Waals surface area contributed by atoms with Gasteiger partial charge in [0.2, 0.25) is 0 Å². The summed E-state index contributed by atoms with van der Waals surface area (Å²) in [6.07, 6.45) is 3.44. The SMILES string of the molecule is O=C(NCc1cccnc1)c1csc(-c2ccccc2)n1. The van der Waals surface area contributed by atoms with E-state index in [1.807, 2.05) is 42.5 Å². The number of hydrogen-bond donors (Lipinski definition) is 1. The molecular weight excluding hydrogens is 282 g/mol. The highest BCUT2D eigenvalue weighted by Crippen LogP contribution is 2.23. The van der Waals surface area contributed by atoms with Crippen LogP contribution in [0.25, 0.3) is 10.6 Å². The minimum Gasteiger partial charge on any atom is -0.347 e. The molecule has 0 radical (unpaired) electrons. The number of benzene rings is 1. The van der Waals surface area contributed by atoms with E-state index < -0.39 is 0 Å². The number of carbonyl (C=O) groups is 1. The lowest BCUT2D eigenvalue weighted by molar-refractivity contribution is 0.0946. The quantitative estimate of drug-likeness (QED) is 0.804. The van der Waals surface area contributed by atoms with Crippen LogP contribution in [-0.2, 0) is 6.54 Å². The number of nitrogens with zero attached hydrogens (tertiary/aromatic N) is 2. The van der Waals surface area contributed by atoms with E-state index in [9.17, 15) is 4.79 Å². The van der Waals surface area contributed by atoms with Crippen LogP contribution in [-0.4, -0.2) is 15.9 Å². The number of pyridine rings is 1. The van der Waals surface area contributed by atoms with Crippen LogP contribution in [0.5, 0.6) is 0 Å². The van der Waals surface area contributed by atoms with Crippen LogP contribution in [0, 0.1) is 0 Å². The minimum absolute atomic E-state index is 0.169. The summed E-state index contributed by atoms with van der Waals surface area (Å²) in [7, 11) is 0. The summed E-state index contributed by atoms with van der Waals surface area (Å²) in [5.74, 6) is -0.169. The molecule has 4 nitrogen and oxygen atoms in total. The normalized spacial score (nSPS) is 10.3. The zero-order valence-electron chi connectivity index (χ0n) is 11.2. The standard InChI is InChI=1S/C16H13N3OS/c20-15(18-10-12-5-4-8-17-9-12)14-11-21-16(19-14)13-6-2-1-3-7-13/h1-9,11H,10H2,(H,18,20). The van der Waals surface area contributed by atoms with Crippen LogP contribution >= 0.6 is 11.3 Å². The third-order valence-electron chi connectivity index (χ3n) is 2.93. The van der Waals surface area contributed by atoms with Gasteiger partial charge in [0.05, 0.1) is 0 Å². The maximum absolute atomic E-state index is 12.1. The van der Waals surface area contributed by atoms with E-state index in [1.165, 1.54) is 11.3 Å². The third-order valence-corrected chi connectivity index (χ3v) is 3.82. The van der Waals surface area contributed by atoms with Crippen molar-refractivity contribution in [2.75, 3.05) is 0 Å². The second-order valence-electron chi connectivity index (χ2n) is 4.45. The Bertz CT molecular complexity index is 726. The van der Waals surface area contributed by atoms with Gasteiger partial charge in [0.1, 0.15) is 10.7 Å². The fourth-order valence-corrected chi connectivity index (χ4v) is 2.67. The smallest absolute Gasteiger partial charge is 0.271 e. The number of rotatable bonds is 4. The summed E-state index contributed by atoms with van der Waals surface area (Å²) in [5.41, 5.74) is 2.43. The van der Waals surface area contributed by atoms with E-state index in [0.29, 0.717) is 12.2 Å². The molecule has 0 saturated carbocycles. The zero-order valence-corrected chi connectivity index (χ0v) is 12.0. The molecule has 104 valence electrons. The molecule has 0 aliphatic rings. The molecule has 2 aromatic heterocycles. The van der Waals surface area contributed by atoms with Gasteiger partial charge in [-0.05, 0) is 11.6 Å². The largest absolute Gasteiger partial charge is 0.347 e. The molecule has 21 heavy (non-hydrogen) atoms. The average Bonchev–Trinajstić information content (AvgIpc) is 3.04. The molecule has 0 fully saturated rings. The Morgan fingerprint density at radius 2 is 2.00 bits per heavy atom. The van der Waals surface area contributed by atoms with Crippen molar-refractivity contribution in [2.45, 2.75) is 6.54 Å². The minimum atomic E-state index is -0.169. The van der Waals surface area contributed by atoms with Crippen LogP contribution in [0.1, 0.15) is 16.1 Å². The Morgan fingerprint density at radius 3 is 2.76 bits per heavy atom. The molecule has 3 aromatic rings. The van der Waals surface area contributed by atoms with Gasteiger partial charge in [-0.3, -0.25) is 9.78 Å². The van der Waals surface area contributed by atoms with Gasteiger partial charge in [-0.2, -0.15) is 0 Å². The fourth-order valence-electron chi connectivity index (χ4n) is 1.87. The van der Waals surface area contributed by atoms with Crippen LogP contribution < -0.4 is 5.32 Å². The second kappa shape index (κ2) is 6.28. The molecule has 0 bridgehead atoms. The molecule has 1 N–H and O–H groups in total. The van der Waals surface area contributed by atoms with E-state index in [4.69, 9.17) is 0 Å². The van der Waals surface area contributed by atoms with Gasteiger partial charge in [0.25, 0.3) is 5.91 Å². The number of thiazole rings is 1. The molecule has 0 unspecified atom stereocenters. The van der Waals surface area contributed by atoms with Crippen LogP contribution in [0.15, 0.2) is 60.2 Å². The molecule has 3 rings (SSSR count). The van der Waals surface area contributed by atoms with Gasteiger partial charge in [0, 0.05) is 29.9 Å². The molecule has 0 saturated heterocycles. The van der Waals surface area contributed by atoms with E-state index in [-0.39, 0.29) is 5.91 Å². The van der Waals surface area contributed by atoms with Crippen LogP contribution in [0.2, 0.25) is 0 Å². The predicted molar refractivity (Wildman–Crippen MR) is 83.0 cm³/mol. The summed E-state index contributed by atoms with van der Waals surface area (Å²) in [6, 6.07) is 13.6. The summed E-state index contributed by atoms with van der Waals surface area (Å²) in [6.45, 7) is 0.449. The van der Waals surface area contributed by atoms with Gasteiger partial charge in [-0.25, -0.2) is 4.98 Å². The first kappa shape index (κ1) is 13.5. The molecule has 1 amide bonds. The van der Waals surface area contributed by atoms with Gasteiger partial charge in [0.15, 0.2) is 0 Å². The van der Waals surface area contributed by atoms with Crippen molar-refractivity contribution in [3.63, 3.8) is 0 Å². The molecule has 0 aliphatic heterocycles. The summed E-state index contributed by atoms with van der Waals surface area (Å²) >= 11 is 1.47. The Hall–Kier alpha value is -2.53. The van der Waals surface area contributed by atoms with Gasteiger partial charge >= 0.3 is 0 Å². The second-order valence-corrected chi connectivity index (χ2v) is 5.31. The molecule has 2 heterocycles. The highest BCUT2D eigenvalue weighted by molar-refractivity contribution is 7.13. The number of amides is 1. The number of carbonyl (C=O) groups excluding carboxylic acids is 1. The van der Waals surface area contributed by atoms with Crippen LogP contribution in [0.4, 0.5) is 0 Å². The molecule has 5 heteroatoms. The zero-order chi connectivity index (χ0) is 14.5. The first-order valence-electron chi connectivity index (χ1n) is 6.51. The highest BCUT2D eigenvalue weighted by atomic mass is 32.1. The molecule has 0 atom stereocenters. The summed E-state index contributed by atoms with van der Waals surface area (Å²) in [4.78, 5) is 20.5. The Balaban J connectivity index is 1.67. The Morgan fingerprint density at radius 1 is 1.14 bits per heavy atom. The maximum Gasteiger partial charge on any atom is 0.271 e. The molecule has 0 aliphatic carbocycles. The lowest BCUT2D eigenvalue weighted by Crippen LogP contribution is -2.23. The summed E-state index contributed by atoms with van der Waals surface area (Å²) in [5, 5.41) is 5.47. The van der Waals surface area contributed by atoms with Crippen molar-refractivity contribution in [2.24, 2.45) is 0 Å². The monoisotopic (exact) mass is 295 g/mol. The van der Waals surface area contributed by atoms with Gasteiger partial charge in [-0.15, -0.1) is 11.3 Å². The number of aromatic nitrogens is 2. The lowest BCUT2D eigenvalue weighted by Gasteiger charge is -2.02. The number of hydrogen-bond acceptors (Lipinski definition) is 4. The van der Waals surface area contributed by atoms with Crippen molar-refractivity contribution in [1.82, 2.24) is 15.3 Å². The van der Waals surface area contributed by atoms with Crippen molar-refractivity contribution >= 4 is 17.2 Å². The predicted octanol–water partition coefficient (Wildman–Crippen LogP) is 3.14. The fraction of sp³-hybridized carbons (Fsp3) is 0.0625. The lowest BCUT2D eigenvalue weighted by atomic mass is 10.2. The van der Waals surface area contributed by atoms with Crippen molar-refractivity contribution in [3.8, 4) is 10.6 Å². The van der Waals surface area contributed by atoms with Crippen molar-refractivity contribution in [3.05, 3.63) is 71.5 Å². The first-order valence-corrected chi connectivity index (χ1v) is 7.39. The van der Waals surface area contributed by atoms with E-state index in [2.05, 4.69) is 15.3 Å². The third kappa shape index (κ3) is 3.32. The van der Waals surface area contributed by atoms with E-state index in [1.54, 1.807) is 17.8 Å². The summed E-state index contributed by atoms with van der Waals surface area (Å²) < 4.78 is 0. The van der Waals surface area contributed by atoms with E-state index in [0.717, 1.165) is 16.1 Å². The Kier molecular flexibility index (Phi) is 4.02. The van der Waals surface area contributed by atoms with Gasteiger partial charge in [-0.1, -0.05) is 36.4 Å². The maximum atomic E-state index is 12.1. The average molecular weight is 295 g/mol. The van der Waals surface area contributed by atoms with Crippen molar-refractivity contribution in [1.29, 1.82) is 0 Å². The number of nitrogens with one attached hydrogen (secondary N) is 1. The highest BCUT2D eigenvalue weighted by Gasteiger charge is 2.11. The molecule has 0 spiro atoms. The topological polar surface area (TPSA) is 54.9 Å². The first-order chi connectivity index (χ1) is 10.3.